The summed E-state index contributed by atoms with van der Waals surface area (Å²) < 4.78 is 12.9. The quantitative estimate of drug-likeness (QED) is 0.733. The predicted octanol–water partition coefficient (Wildman–Crippen LogP) is 3.94. The van der Waals surface area contributed by atoms with Gasteiger partial charge >= 0.3 is 0 Å². The second-order valence-corrected chi connectivity index (χ2v) is 6.51. The second kappa shape index (κ2) is 6.48. The van der Waals surface area contributed by atoms with E-state index < -0.39 is 5.41 Å². The molecule has 0 saturated heterocycles. The van der Waals surface area contributed by atoms with Crippen LogP contribution in [0.15, 0.2) is 54.7 Å². The first-order valence-corrected chi connectivity index (χ1v) is 8.08. The Balaban J connectivity index is 1.68. The van der Waals surface area contributed by atoms with Crippen LogP contribution in [0.2, 0.25) is 0 Å². The number of aromatic nitrogens is 1. The minimum atomic E-state index is -0.637. The highest BCUT2D eigenvalue weighted by Crippen LogP contribution is 2.30. The molecule has 3 nitrogen and oxygen atoms in total. The Bertz CT molecular complexity index is 849. The van der Waals surface area contributed by atoms with Gasteiger partial charge in [0.1, 0.15) is 5.82 Å². The average molecular weight is 324 g/mol. The van der Waals surface area contributed by atoms with Gasteiger partial charge in [0.15, 0.2) is 0 Å². The van der Waals surface area contributed by atoms with Crippen molar-refractivity contribution in [3.63, 3.8) is 0 Å². The molecule has 2 N–H and O–H groups in total. The third-order valence-electron chi connectivity index (χ3n) is 4.44. The number of para-hydroxylation sites is 1. The van der Waals surface area contributed by atoms with Gasteiger partial charge in [-0.2, -0.15) is 0 Å². The first kappa shape index (κ1) is 16.2. The van der Waals surface area contributed by atoms with Crippen LogP contribution in [0.3, 0.4) is 0 Å². The Labute approximate surface area is 140 Å². The van der Waals surface area contributed by atoms with E-state index in [-0.39, 0.29) is 11.7 Å². The first-order valence-electron chi connectivity index (χ1n) is 8.08. The van der Waals surface area contributed by atoms with E-state index in [2.05, 4.69) is 10.3 Å². The lowest BCUT2D eigenvalue weighted by Gasteiger charge is -2.23. The summed E-state index contributed by atoms with van der Waals surface area (Å²) in [5.74, 6) is -0.266. The molecule has 3 rings (SSSR count). The Hall–Kier alpha value is -2.62. The van der Waals surface area contributed by atoms with Gasteiger partial charge in [-0.3, -0.25) is 4.79 Å². The minimum Gasteiger partial charge on any atom is -0.361 e. The molecule has 1 heterocycles. The van der Waals surface area contributed by atoms with E-state index >= 15 is 0 Å². The lowest BCUT2D eigenvalue weighted by Crippen LogP contribution is -2.40. The van der Waals surface area contributed by atoms with Crippen molar-refractivity contribution in [3.8, 4) is 0 Å². The van der Waals surface area contributed by atoms with E-state index in [4.69, 9.17) is 0 Å². The van der Waals surface area contributed by atoms with Crippen LogP contribution in [-0.4, -0.2) is 17.4 Å². The highest BCUT2D eigenvalue weighted by atomic mass is 19.1. The molecule has 0 unspecified atom stereocenters. The Morgan fingerprint density at radius 3 is 2.58 bits per heavy atom. The molecule has 0 atom stereocenters. The number of H-pyrrole nitrogens is 1. The van der Waals surface area contributed by atoms with Gasteiger partial charge in [0.25, 0.3) is 0 Å². The maximum absolute atomic E-state index is 12.9. The Kier molecular flexibility index (Phi) is 4.38. The van der Waals surface area contributed by atoms with E-state index in [9.17, 15) is 9.18 Å². The summed E-state index contributed by atoms with van der Waals surface area (Å²) in [5.41, 5.74) is 2.38. The topological polar surface area (TPSA) is 44.9 Å². The number of carbonyl (C=O) groups excluding carboxylic acids is 1. The van der Waals surface area contributed by atoms with Gasteiger partial charge in [0, 0.05) is 23.6 Å². The van der Waals surface area contributed by atoms with Crippen molar-refractivity contribution in [2.24, 2.45) is 0 Å². The van der Waals surface area contributed by atoms with Gasteiger partial charge in [0.05, 0.1) is 5.41 Å². The van der Waals surface area contributed by atoms with E-state index in [1.807, 2.05) is 44.3 Å². The molecule has 0 spiro atoms. The van der Waals surface area contributed by atoms with Crippen LogP contribution < -0.4 is 5.32 Å². The minimum absolute atomic E-state index is 0.0191. The fraction of sp³-hybridized carbons (Fsp3) is 0.250. The summed E-state index contributed by atoms with van der Waals surface area (Å²) in [6, 6.07) is 14.3. The first-order chi connectivity index (χ1) is 11.5. The van der Waals surface area contributed by atoms with Crippen molar-refractivity contribution in [3.05, 3.63) is 71.7 Å². The Morgan fingerprint density at radius 2 is 1.83 bits per heavy atom. The highest BCUT2D eigenvalue weighted by Gasteiger charge is 2.31. The molecule has 24 heavy (non-hydrogen) atoms. The maximum Gasteiger partial charge on any atom is 0.230 e. The smallest absolute Gasteiger partial charge is 0.230 e. The van der Waals surface area contributed by atoms with E-state index in [0.29, 0.717) is 13.0 Å². The summed E-state index contributed by atoms with van der Waals surface area (Å²) >= 11 is 0. The molecule has 0 bridgehead atoms. The van der Waals surface area contributed by atoms with Crippen LogP contribution in [0.4, 0.5) is 4.39 Å². The fourth-order valence-electron chi connectivity index (χ4n) is 2.90. The summed E-state index contributed by atoms with van der Waals surface area (Å²) in [6.07, 6.45) is 2.58. The standard InChI is InChI=1S/C20H21FN2O/c1-20(2,17-13-23-18-6-4-3-5-16(17)18)19(24)22-12-11-14-7-9-15(21)10-8-14/h3-10,13,23H,11-12H2,1-2H3,(H,22,24). The molecule has 0 radical (unpaired) electrons. The number of nitrogens with one attached hydrogen (secondary N) is 2. The molecule has 3 aromatic rings. The van der Waals surface area contributed by atoms with Crippen molar-refractivity contribution >= 4 is 16.8 Å². The van der Waals surface area contributed by atoms with Gasteiger partial charge in [-0.25, -0.2) is 4.39 Å². The molecule has 4 heteroatoms. The summed E-state index contributed by atoms with van der Waals surface area (Å²) in [4.78, 5) is 15.9. The van der Waals surface area contributed by atoms with Crippen LogP contribution in [-0.2, 0) is 16.6 Å². The van der Waals surface area contributed by atoms with Crippen LogP contribution in [0.5, 0.6) is 0 Å². The monoisotopic (exact) mass is 324 g/mol. The third-order valence-corrected chi connectivity index (χ3v) is 4.44. The van der Waals surface area contributed by atoms with E-state index in [1.54, 1.807) is 12.1 Å². The van der Waals surface area contributed by atoms with Crippen molar-refractivity contribution in [1.29, 1.82) is 0 Å². The maximum atomic E-state index is 12.9. The molecule has 0 aliphatic heterocycles. The zero-order chi connectivity index (χ0) is 17.2. The molecule has 0 aliphatic rings. The molecular formula is C20H21FN2O. The number of rotatable bonds is 5. The number of halogens is 1. The lowest BCUT2D eigenvalue weighted by atomic mass is 9.83. The third kappa shape index (κ3) is 3.18. The van der Waals surface area contributed by atoms with Crippen LogP contribution in [0.25, 0.3) is 10.9 Å². The van der Waals surface area contributed by atoms with Crippen molar-refractivity contribution < 1.29 is 9.18 Å². The van der Waals surface area contributed by atoms with Gasteiger partial charge in [-0.15, -0.1) is 0 Å². The number of amides is 1. The number of hydrogen-bond donors (Lipinski definition) is 2. The van der Waals surface area contributed by atoms with Crippen LogP contribution >= 0.6 is 0 Å². The zero-order valence-electron chi connectivity index (χ0n) is 13.9. The number of benzene rings is 2. The van der Waals surface area contributed by atoms with Crippen LogP contribution in [0.1, 0.15) is 25.0 Å². The number of aromatic amines is 1. The summed E-state index contributed by atoms with van der Waals surface area (Å²) in [6.45, 7) is 4.38. The molecule has 1 aromatic heterocycles. The van der Waals surface area contributed by atoms with Gasteiger partial charge in [-0.1, -0.05) is 30.3 Å². The molecule has 0 saturated carbocycles. The largest absolute Gasteiger partial charge is 0.361 e. The van der Waals surface area contributed by atoms with Gasteiger partial charge in [-0.05, 0) is 49.6 Å². The molecule has 124 valence electrons. The molecule has 1 amide bonds. The highest BCUT2D eigenvalue weighted by molar-refractivity contribution is 5.94. The Morgan fingerprint density at radius 1 is 1.12 bits per heavy atom. The van der Waals surface area contributed by atoms with Crippen molar-refractivity contribution in [1.82, 2.24) is 10.3 Å². The van der Waals surface area contributed by atoms with Gasteiger partial charge in [0.2, 0.25) is 5.91 Å². The number of carbonyl (C=O) groups is 1. The van der Waals surface area contributed by atoms with Gasteiger partial charge < -0.3 is 10.3 Å². The molecule has 0 aliphatic carbocycles. The van der Waals surface area contributed by atoms with E-state index in [1.165, 1.54) is 12.1 Å². The van der Waals surface area contributed by atoms with Crippen molar-refractivity contribution in [2.45, 2.75) is 25.7 Å². The SMILES string of the molecule is CC(C)(C(=O)NCCc1ccc(F)cc1)c1c[nH]c2ccccc12. The summed E-state index contributed by atoms with van der Waals surface area (Å²) in [5, 5.41) is 4.06. The number of hydrogen-bond acceptors (Lipinski definition) is 1. The zero-order valence-corrected chi connectivity index (χ0v) is 13.9. The molecular weight excluding hydrogens is 303 g/mol. The van der Waals surface area contributed by atoms with Crippen LogP contribution in [0, 0.1) is 5.82 Å². The average Bonchev–Trinajstić information content (AvgIpc) is 3.01. The summed E-state index contributed by atoms with van der Waals surface area (Å²) in [7, 11) is 0. The second-order valence-electron chi connectivity index (χ2n) is 6.51. The molecule has 0 fully saturated rings. The fourth-order valence-corrected chi connectivity index (χ4v) is 2.90. The molecule has 2 aromatic carbocycles. The van der Waals surface area contributed by atoms with E-state index in [0.717, 1.165) is 22.0 Å². The predicted molar refractivity (Wildman–Crippen MR) is 94.4 cm³/mol. The van der Waals surface area contributed by atoms with Crippen molar-refractivity contribution in [2.75, 3.05) is 6.54 Å². The normalized spacial score (nSPS) is 11.6. The number of fused-ring (bicyclic) bond motifs is 1. The lowest BCUT2D eigenvalue weighted by molar-refractivity contribution is -0.125.